The lowest BCUT2D eigenvalue weighted by atomic mass is 10.2. The van der Waals surface area contributed by atoms with Crippen molar-refractivity contribution in [1.82, 2.24) is 14.9 Å². The van der Waals surface area contributed by atoms with E-state index in [0.29, 0.717) is 23.8 Å². The van der Waals surface area contributed by atoms with Crippen LogP contribution >= 0.6 is 35.1 Å². The monoisotopic (exact) mass is 476 g/mol. The lowest BCUT2D eigenvalue weighted by Crippen LogP contribution is -2.33. The number of amides is 1. The summed E-state index contributed by atoms with van der Waals surface area (Å²) < 4.78 is 7.64. The molecule has 0 saturated heterocycles. The van der Waals surface area contributed by atoms with E-state index in [0.717, 1.165) is 39.1 Å². The van der Waals surface area contributed by atoms with Gasteiger partial charge in [0, 0.05) is 12.1 Å². The first-order valence-electron chi connectivity index (χ1n) is 9.88. The molecule has 0 N–H and O–H groups in total. The maximum atomic E-state index is 13.5. The van der Waals surface area contributed by atoms with Crippen LogP contribution in [0.25, 0.3) is 20.4 Å². The second kappa shape index (κ2) is 10.4. The summed E-state index contributed by atoms with van der Waals surface area (Å²) in [6.45, 7) is 4.09. The van der Waals surface area contributed by atoms with Crippen LogP contribution in [0.15, 0.2) is 41.9 Å². The third-order valence-electron chi connectivity index (χ3n) is 4.70. The number of thiazole rings is 2. The molecule has 4 aromatic rings. The van der Waals surface area contributed by atoms with Gasteiger partial charge in [0.1, 0.15) is 5.75 Å². The van der Waals surface area contributed by atoms with E-state index in [1.54, 1.807) is 21.7 Å². The number of halogens is 1. The van der Waals surface area contributed by atoms with Crippen molar-refractivity contribution in [3.8, 4) is 5.75 Å². The molecule has 164 valence electrons. The van der Waals surface area contributed by atoms with Crippen LogP contribution in [-0.4, -0.2) is 54.6 Å². The standard InChI is InChI=1S/C22H24N4O2S2.ClH/c1-4-28-16-7-9-18-20(13-16)30-22(24-18)26(11-5-10-25(2)3)21(27)15-6-8-17-19(12-15)29-14-23-17;/h6-9,12-14H,4-5,10-11H2,1-3H3;1H. The molecular formula is C22H25ClN4O2S2. The molecule has 0 atom stereocenters. The van der Waals surface area contributed by atoms with E-state index in [2.05, 4.69) is 9.88 Å². The number of rotatable bonds is 8. The lowest BCUT2D eigenvalue weighted by Gasteiger charge is -2.21. The average molecular weight is 477 g/mol. The molecule has 0 aliphatic carbocycles. The van der Waals surface area contributed by atoms with Crippen LogP contribution in [-0.2, 0) is 0 Å². The first-order valence-corrected chi connectivity index (χ1v) is 11.6. The average Bonchev–Trinajstić information content (AvgIpc) is 3.36. The lowest BCUT2D eigenvalue weighted by molar-refractivity contribution is 0.0986. The number of hydrogen-bond acceptors (Lipinski definition) is 7. The molecule has 0 radical (unpaired) electrons. The number of aromatic nitrogens is 2. The van der Waals surface area contributed by atoms with Gasteiger partial charge in [0.2, 0.25) is 0 Å². The van der Waals surface area contributed by atoms with Crippen molar-refractivity contribution in [3.05, 3.63) is 47.5 Å². The molecule has 2 aromatic heterocycles. The zero-order valence-corrected chi connectivity index (χ0v) is 20.1. The molecule has 0 unspecified atom stereocenters. The summed E-state index contributed by atoms with van der Waals surface area (Å²) in [7, 11) is 4.08. The minimum absolute atomic E-state index is 0. The van der Waals surface area contributed by atoms with Gasteiger partial charge in [-0.15, -0.1) is 23.7 Å². The van der Waals surface area contributed by atoms with E-state index in [4.69, 9.17) is 9.72 Å². The Balaban J connectivity index is 0.00000272. The predicted molar refractivity (Wildman–Crippen MR) is 133 cm³/mol. The molecule has 2 heterocycles. The van der Waals surface area contributed by atoms with Gasteiger partial charge in [-0.2, -0.15) is 0 Å². The molecule has 0 aliphatic heterocycles. The van der Waals surface area contributed by atoms with Gasteiger partial charge in [-0.05, 0) is 70.4 Å². The smallest absolute Gasteiger partial charge is 0.260 e. The van der Waals surface area contributed by atoms with Gasteiger partial charge in [-0.1, -0.05) is 11.3 Å². The third kappa shape index (κ3) is 5.33. The van der Waals surface area contributed by atoms with Gasteiger partial charge in [0.15, 0.2) is 5.13 Å². The highest BCUT2D eigenvalue weighted by molar-refractivity contribution is 7.22. The molecular weight excluding hydrogens is 452 g/mol. The van der Waals surface area contributed by atoms with Gasteiger partial charge >= 0.3 is 0 Å². The summed E-state index contributed by atoms with van der Waals surface area (Å²) in [5, 5.41) is 0.715. The number of benzene rings is 2. The van der Waals surface area contributed by atoms with Crippen molar-refractivity contribution in [3.63, 3.8) is 0 Å². The zero-order chi connectivity index (χ0) is 21.1. The maximum Gasteiger partial charge on any atom is 0.260 e. The zero-order valence-electron chi connectivity index (χ0n) is 17.7. The molecule has 2 aromatic carbocycles. The SMILES string of the molecule is CCOc1ccc2nc(N(CCCN(C)C)C(=O)c3ccc4ncsc4c3)sc2c1.Cl. The summed E-state index contributed by atoms with van der Waals surface area (Å²) in [6, 6.07) is 11.5. The summed E-state index contributed by atoms with van der Waals surface area (Å²) in [4.78, 5) is 26.5. The van der Waals surface area contributed by atoms with E-state index in [1.807, 2.05) is 57.4 Å². The van der Waals surface area contributed by atoms with Crippen molar-refractivity contribution < 1.29 is 9.53 Å². The van der Waals surface area contributed by atoms with Gasteiger partial charge < -0.3 is 9.64 Å². The van der Waals surface area contributed by atoms with Crippen LogP contribution in [0.3, 0.4) is 0 Å². The molecule has 0 aliphatic rings. The van der Waals surface area contributed by atoms with Crippen LogP contribution in [0.1, 0.15) is 23.7 Å². The first-order chi connectivity index (χ1) is 14.5. The Labute approximate surface area is 195 Å². The second-order valence-corrected chi connectivity index (χ2v) is 9.10. The summed E-state index contributed by atoms with van der Waals surface area (Å²) in [5.41, 5.74) is 4.25. The van der Waals surface area contributed by atoms with Crippen molar-refractivity contribution >= 4 is 66.6 Å². The largest absolute Gasteiger partial charge is 0.494 e. The minimum atomic E-state index is -0.0341. The number of fused-ring (bicyclic) bond motifs is 2. The van der Waals surface area contributed by atoms with Crippen molar-refractivity contribution in [1.29, 1.82) is 0 Å². The van der Waals surface area contributed by atoms with Crippen LogP contribution in [0.4, 0.5) is 5.13 Å². The number of carbonyl (C=O) groups is 1. The van der Waals surface area contributed by atoms with E-state index in [9.17, 15) is 4.79 Å². The third-order valence-corrected chi connectivity index (χ3v) is 6.53. The number of anilines is 1. The Morgan fingerprint density at radius 1 is 1.06 bits per heavy atom. The highest BCUT2D eigenvalue weighted by Gasteiger charge is 2.22. The molecule has 0 fully saturated rings. The fourth-order valence-electron chi connectivity index (χ4n) is 3.24. The topological polar surface area (TPSA) is 58.6 Å². The van der Waals surface area contributed by atoms with E-state index >= 15 is 0 Å². The summed E-state index contributed by atoms with van der Waals surface area (Å²) >= 11 is 3.07. The Hall–Kier alpha value is -2.26. The van der Waals surface area contributed by atoms with Gasteiger partial charge in [-0.25, -0.2) is 9.97 Å². The first kappa shape index (κ1) is 23.4. The Kier molecular flexibility index (Phi) is 7.83. The fraction of sp³-hybridized carbons (Fsp3) is 0.318. The quantitative estimate of drug-likeness (QED) is 0.344. The normalized spacial score (nSPS) is 11.1. The Morgan fingerprint density at radius 3 is 2.65 bits per heavy atom. The Bertz CT molecular complexity index is 1170. The van der Waals surface area contributed by atoms with Crippen LogP contribution in [0.5, 0.6) is 5.75 Å². The second-order valence-electron chi connectivity index (χ2n) is 7.21. The van der Waals surface area contributed by atoms with Crippen molar-refractivity contribution in [2.24, 2.45) is 0 Å². The Morgan fingerprint density at radius 2 is 1.87 bits per heavy atom. The molecule has 0 spiro atoms. The molecule has 0 bridgehead atoms. The number of carbonyl (C=O) groups excluding carboxylic acids is 1. The molecule has 0 saturated carbocycles. The molecule has 4 rings (SSSR count). The predicted octanol–water partition coefficient (Wildman–Crippen LogP) is 5.33. The van der Waals surface area contributed by atoms with Crippen molar-refractivity contribution in [2.45, 2.75) is 13.3 Å². The van der Waals surface area contributed by atoms with Crippen LogP contribution < -0.4 is 9.64 Å². The number of hydrogen-bond donors (Lipinski definition) is 0. The number of nitrogens with zero attached hydrogens (tertiary/aromatic N) is 4. The molecule has 31 heavy (non-hydrogen) atoms. The molecule has 6 nitrogen and oxygen atoms in total. The van der Waals surface area contributed by atoms with Crippen LogP contribution in [0.2, 0.25) is 0 Å². The summed E-state index contributed by atoms with van der Waals surface area (Å²) in [5.74, 6) is 0.787. The van der Waals surface area contributed by atoms with Gasteiger partial charge in [0.05, 0.1) is 32.6 Å². The highest BCUT2D eigenvalue weighted by atomic mass is 35.5. The van der Waals surface area contributed by atoms with E-state index in [1.165, 1.54) is 11.3 Å². The summed E-state index contributed by atoms with van der Waals surface area (Å²) in [6.07, 6.45) is 0.863. The van der Waals surface area contributed by atoms with Crippen molar-refractivity contribution in [2.75, 3.05) is 38.7 Å². The minimum Gasteiger partial charge on any atom is -0.494 e. The van der Waals surface area contributed by atoms with E-state index < -0.39 is 0 Å². The molecule has 1 amide bonds. The van der Waals surface area contributed by atoms with E-state index in [-0.39, 0.29) is 18.3 Å². The fourth-order valence-corrected chi connectivity index (χ4v) is 4.97. The van der Waals surface area contributed by atoms with Gasteiger partial charge in [-0.3, -0.25) is 9.69 Å². The highest BCUT2D eigenvalue weighted by Crippen LogP contribution is 2.33. The maximum absolute atomic E-state index is 13.5. The van der Waals surface area contributed by atoms with Gasteiger partial charge in [0.25, 0.3) is 5.91 Å². The number of ether oxygens (including phenoxy) is 1. The van der Waals surface area contributed by atoms with Crippen LogP contribution in [0, 0.1) is 0 Å². The molecule has 9 heteroatoms.